The Morgan fingerprint density at radius 3 is 1.85 bits per heavy atom. The lowest BCUT2D eigenvalue weighted by Gasteiger charge is -2.38. The molecule has 2 bridgehead atoms. The average Bonchev–Trinajstić information content (AvgIpc) is 2.67. The van der Waals surface area contributed by atoms with Crippen molar-refractivity contribution < 1.29 is 9.59 Å². The van der Waals surface area contributed by atoms with Crippen molar-refractivity contribution in [2.24, 2.45) is 17.8 Å². The van der Waals surface area contributed by atoms with Crippen LogP contribution in [0.5, 0.6) is 0 Å². The summed E-state index contributed by atoms with van der Waals surface area (Å²) in [6.45, 7) is 0. The van der Waals surface area contributed by atoms with Crippen molar-refractivity contribution in [1.82, 2.24) is 5.43 Å². The monoisotopic (exact) mass is 348 g/mol. The van der Waals surface area contributed by atoms with Gasteiger partial charge in [0, 0.05) is 17.8 Å². The van der Waals surface area contributed by atoms with Gasteiger partial charge < -0.3 is 0 Å². The van der Waals surface area contributed by atoms with Crippen molar-refractivity contribution in [3.8, 4) is 0 Å². The molecule has 2 aliphatic carbocycles. The number of anilines is 2. The van der Waals surface area contributed by atoms with Crippen molar-refractivity contribution in [2.75, 3.05) is 5.01 Å². The fourth-order valence-electron chi connectivity index (χ4n) is 4.33. The van der Waals surface area contributed by atoms with E-state index in [9.17, 15) is 9.59 Å². The maximum absolute atomic E-state index is 13.0. The highest BCUT2D eigenvalue weighted by atomic mass is 16.2. The van der Waals surface area contributed by atoms with E-state index in [1.807, 2.05) is 65.7 Å². The Bertz CT molecular complexity index is 720. The molecular weight excluding hydrogens is 324 g/mol. The van der Waals surface area contributed by atoms with Gasteiger partial charge in [-0.3, -0.25) is 20.0 Å². The molecule has 0 saturated heterocycles. The Labute approximate surface area is 154 Å². The standard InChI is InChI=1S/C22H24N2O2/c25-21-16-8-7-9-17(21)15-18(14-16)22(26)23-24(19-10-3-1-4-11-19)20-12-5-2-6-13-20/h1-6,10-13,16-18H,7-9,14-15H2,(H,23,26)/t16-,17+,18?. The van der Waals surface area contributed by atoms with Gasteiger partial charge in [-0.05, 0) is 49.9 Å². The van der Waals surface area contributed by atoms with Crippen LogP contribution in [0.25, 0.3) is 0 Å². The number of amides is 1. The van der Waals surface area contributed by atoms with Crippen molar-refractivity contribution in [3.05, 3.63) is 60.7 Å². The van der Waals surface area contributed by atoms with Gasteiger partial charge in [-0.25, -0.2) is 0 Å². The van der Waals surface area contributed by atoms with E-state index >= 15 is 0 Å². The number of nitrogens with one attached hydrogen (secondary N) is 1. The van der Waals surface area contributed by atoms with Crippen LogP contribution in [0.15, 0.2) is 60.7 Å². The SMILES string of the molecule is O=C(NN(c1ccccc1)c1ccccc1)C1C[C@H]2CCC[C@@H](C1)C2=O. The highest BCUT2D eigenvalue weighted by Gasteiger charge is 2.41. The van der Waals surface area contributed by atoms with Gasteiger partial charge in [-0.1, -0.05) is 42.8 Å². The van der Waals surface area contributed by atoms with Crippen LogP contribution in [0.4, 0.5) is 11.4 Å². The van der Waals surface area contributed by atoms with Crippen LogP contribution in [0, 0.1) is 17.8 Å². The highest BCUT2D eigenvalue weighted by molar-refractivity contribution is 5.89. The van der Waals surface area contributed by atoms with E-state index in [2.05, 4.69) is 5.43 Å². The van der Waals surface area contributed by atoms with Gasteiger partial charge in [0.05, 0.1) is 11.4 Å². The summed E-state index contributed by atoms with van der Waals surface area (Å²) >= 11 is 0. The van der Waals surface area contributed by atoms with E-state index in [0.29, 0.717) is 18.6 Å². The Kier molecular flexibility index (Phi) is 4.74. The molecule has 1 N–H and O–H groups in total. The first-order chi connectivity index (χ1) is 12.7. The van der Waals surface area contributed by atoms with Crippen LogP contribution in [-0.4, -0.2) is 11.7 Å². The zero-order valence-corrected chi connectivity index (χ0v) is 14.8. The summed E-state index contributed by atoms with van der Waals surface area (Å²) in [6.07, 6.45) is 4.40. The van der Waals surface area contributed by atoms with Crippen LogP contribution in [0.3, 0.4) is 0 Å². The molecule has 0 aliphatic heterocycles. The Balaban J connectivity index is 1.54. The normalized spacial score (nSPS) is 24.8. The van der Waals surface area contributed by atoms with Crippen LogP contribution >= 0.6 is 0 Å². The zero-order chi connectivity index (χ0) is 17.9. The summed E-state index contributed by atoms with van der Waals surface area (Å²) in [6, 6.07) is 19.7. The largest absolute Gasteiger partial charge is 0.299 e. The molecular formula is C22H24N2O2. The summed E-state index contributed by atoms with van der Waals surface area (Å²) in [4.78, 5) is 25.3. The highest BCUT2D eigenvalue weighted by Crippen LogP contribution is 2.40. The van der Waals surface area contributed by atoms with Crippen LogP contribution in [0.2, 0.25) is 0 Å². The summed E-state index contributed by atoms with van der Waals surface area (Å²) in [5, 5.41) is 1.84. The number of carbonyl (C=O) groups excluding carboxylic acids is 2. The number of ketones is 1. The first kappa shape index (κ1) is 16.8. The van der Waals surface area contributed by atoms with E-state index in [4.69, 9.17) is 0 Å². The molecule has 1 unspecified atom stereocenters. The third kappa shape index (κ3) is 3.36. The Morgan fingerprint density at radius 1 is 0.846 bits per heavy atom. The molecule has 2 aliphatic rings. The number of Topliss-reactive ketones (excluding diaryl/α,β-unsaturated/α-hetero) is 1. The second kappa shape index (κ2) is 7.32. The number of hydrogen-bond acceptors (Lipinski definition) is 3. The van der Waals surface area contributed by atoms with Crippen LogP contribution in [0.1, 0.15) is 32.1 Å². The van der Waals surface area contributed by atoms with Crippen molar-refractivity contribution >= 4 is 23.1 Å². The van der Waals surface area contributed by atoms with Crippen LogP contribution in [-0.2, 0) is 9.59 Å². The summed E-state index contributed by atoms with van der Waals surface area (Å²) < 4.78 is 0. The number of hydrazine groups is 1. The molecule has 0 heterocycles. The fourth-order valence-corrected chi connectivity index (χ4v) is 4.33. The number of carbonyl (C=O) groups is 2. The van der Waals surface area contributed by atoms with Crippen molar-refractivity contribution in [2.45, 2.75) is 32.1 Å². The second-order valence-corrected chi connectivity index (χ2v) is 7.38. The predicted molar refractivity (Wildman–Crippen MR) is 102 cm³/mol. The third-order valence-corrected chi connectivity index (χ3v) is 5.67. The first-order valence-corrected chi connectivity index (χ1v) is 9.47. The smallest absolute Gasteiger partial charge is 0.241 e. The topological polar surface area (TPSA) is 49.4 Å². The van der Waals surface area contributed by atoms with Gasteiger partial charge in [0.2, 0.25) is 5.91 Å². The average molecular weight is 348 g/mol. The first-order valence-electron chi connectivity index (χ1n) is 9.47. The molecule has 4 heteroatoms. The number of rotatable bonds is 4. The lowest BCUT2D eigenvalue weighted by atomic mass is 9.67. The molecule has 2 aromatic carbocycles. The summed E-state index contributed by atoms with van der Waals surface area (Å²) in [5.41, 5.74) is 4.94. The van der Waals surface area contributed by atoms with Gasteiger partial charge in [0.1, 0.15) is 5.78 Å². The van der Waals surface area contributed by atoms with Gasteiger partial charge >= 0.3 is 0 Å². The molecule has 4 nitrogen and oxygen atoms in total. The maximum Gasteiger partial charge on any atom is 0.241 e. The van der Waals surface area contributed by atoms with Crippen LogP contribution < -0.4 is 10.4 Å². The molecule has 3 atom stereocenters. The summed E-state index contributed by atoms with van der Waals surface area (Å²) in [7, 11) is 0. The number of nitrogens with zero attached hydrogens (tertiary/aromatic N) is 1. The maximum atomic E-state index is 13.0. The van der Waals surface area contributed by atoms with Gasteiger partial charge in [0.15, 0.2) is 0 Å². The minimum atomic E-state index is -0.0853. The van der Waals surface area contributed by atoms with Gasteiger partial charge in [-0.2, -0.15) is 0 Å². The molecule has 0 spiro atoms. The zero-order valence-electron chi connectivity index (χ0n) is 14.8. The van der Waals surface area contributed by atoms with E-state index in [1.54, 1.807) is 0 Å². The number of benzene rings is 2. The fraction of sp³-hybridized carbons (Fsp3) is 0.364. The summed E-state index contributed by atoms with van der Waals surface area (Å²) in [5.74, 6) is 0.489. The molecule has 0 radical (unpaired) electrons. The lowest BCUT2D eigenvalue weighted by Crippen LogP contribution is -2.47. The van der Waals surface area contributed by atoms with E-state index < -0.39 is 0 Å². The van der Waals surface area contributed by atoms with E-state index in [0.717, 1.165) is 30.6 Å². The Hall–Kier alpha value is -2.62. The van der Waals surface area contributed by atoms with Gasteiger partial charge in [-0.15, -0.1) is 0 Å². The van der Waals surface area contributed by atoms with E-state index in [-0.39, 0.29) is 23.7 Å². The minimum Gasteiger partial charge on any atom is -0.299 e. The molecule has 2 fully saturated rings. The van der Waals surface area contributed by atoms with Crippen molar-refractivity contribution in [3.63, 3.8) is 0 Å². The number of para-hydroxylation sites is 2. The lowest BCUT2D eigenvalue weighted by molar-refractivity contribution is -0.137. The molecule has 0 aromatic heterocycles. The predicted octanol–water partition coefficient (Wildman–Crippen LogP) is 4.25. The molecule has 2 saturated carbocycles. The second-order valence-electron chi connectivity index (χ2n) is 7.38. The molecule has 26 heavy (non-hydrogen) atoms. The van der Waals surface area contributed by atoms with Crippen molar-refractivity contribution in [1.29, 1.82) is 0 Å². The molecule has 4 rings (SSSR count). The Morgan fingerprint density at radius 2 is 1.35 bits per heavy atom. The third-order valence-electron chi connectivity index (χ3n) is 5.67. The van der Waals surface area contributed by atoms with E-state index in [1.165, 1.54) is 0 Å². The molecule has 2 aromatic rings. The minimum absolute atomic E-state index is 0.0158. The number of hydrogen-bond donors (Lipinski definition) is 1. The quantitative estimate of drug-likeness (QED) is 0.840. The van der Waals surface area contributed by atoms with Gasteiger partial charge in [0.25, 0.3) is 0 Å². The molecule has 1 amide bonds. The number of fused-ring (bicyclic) bond motifs is 2. The molecule has 134 valence electrons.